The van der Waals surface area contributed by atoms with Crippen molar-refractivity contribution in [1.29, 1.82) is 0 Å². The molecule has 2 rings (SSSR count). The number of carboxylic acid groups (broad SMARTS) is 1. The van der Waals surface area contributed by atoms with Crippen molar-refractivity contribution < 1.29 is 19.4 Å². The summed E-state index contributed by atoms with van der Waals surface area (Å²) < 4.78 is 5.35. The molecular weight excluding hydrogens is 222 g/mol. The minimum absolute atomic E-state index is 0.128. The predicted molar refractivity (Wildman–Crippen MR) is 60.6 cm³/mol. The number of aliphatic carboxylic acids is 1. The van der Waals surface area contributed by atoms with Gasteiger partial charge in [0.15, 0.2) is 0 Å². The van der Waals surface area contributed by atoms with E-state index in [2.05, 4.69) is 0 Å². The second-order valence-corrected chi connectivity index (χ2v) is 4.74. The van der Waals surface area contributed by atoms with Gasteiger partial charge < -0.3 is 14.7 Å². The number of carbonyl (C=O) groups excluding carboxylic acids is 1. The van der Waals surface area contributed by atoms with Gasteiger partial charge in [-0.2, -0.15) is 0 Å². The predicted octanol–water partition coefficient (Wildman–Crippen LogP) is 1.02. The van der Waals surface area contributed by atoms with Gasteiger partial charge in [0.25, 0.3) is 5.91 Å². The maximum atomic E-state index is 12.2. The van der Waals surface area contributed by atoms with Crippen LogP contribution >= 0.6 is 0 Å². The molecule has 5 heteroatoms. The van der Waals surface area contributed by atoms with E-state index in [1.54, 1.807) is 0 Å². The molecule has 2 aliphatic heterocycles. The van der Waals surface area contributed by atoms with Gasteiger partial charge >= 0.3 is 5.97 Å². The molecule has 96 valence electrons. The van der Waals surface area contributed by atoms with Crippen LogP contribution in [0.3, 0.4) is 0 Å². The summed E-state index contributed by atoms with van der Waals surface area (Å²) in [4.78, 5) is 24.9. The molecule has 1 N–H and O–H groups in total. The molecule has 17 heavy (non-hydrogen) atoms. The van der Waals surface area contributed by atoms with Gasteiger partial charge in [0.2, 0.25) is 0 Å². The highest BCUT2D eigenvalue weighted by atomic mass is 16.5. The van der Waals surface area contributed by atoms with Crippen molar-refractivity contribution in [2.45, 2.75) is 50.7 Å². The molecule has 0 saturated carbocycles. The molecule has 2 saturated heterocycles. The largest absolute Gasteiger partial charge is 0.480 e. The van der Waals surface area contributed by atoms with E-state index in [9.17, 15) is 14.7 Å². The van der Waals surface area contributed by atoms with E-state index in [0.717, 1.165) is 32.1 Å². The molecule has 2 aliphatic rings. The van der Waals surface area contributed by atoms with Crippen LogP contribution in [0.25, 0.3) is 0 Å². The van der Waals surface area contributed by atoms with Crippen molar-refractivity contribution in [3.05, 3.63) is 0 Å². The second kappa shape index (κ2) is 5.49. The third-order valence-electron chi connectivity index (χ3n) is 3.53. The Kier molecular flexibility index (Phi) is 3.99. The summed E-state index contributed by atoms with van der Waals surface area (Å²) in [7, 11) is 0. The first kappa shape index (κ1) is 12.4. The van der Waals surface area contributed by atoms with Crippen molar-refractivity contribution in [3.8, 4) is 0 Å². The normalized spacial score (nSPS) is 30.0. The van der Waals surface area contributed by atoms with Gasteiger partial charge in [0, 0.05) is 13.2 Å². The number of carboxylic acids is 1. The van der Waals surface area contributed by atoms with Crippen molar-refractivity contribution in [2.75, 3.05) is 13.2 Å². The zero-order valence-electron chi connectivity index (χ0n) is 9.93. The molecule has 5 nitrogen and oxygen atoms in total. The Morgan fingerprint density at radius 1 is 1.12 bits per heavy atom. The van der Waals surface area contributed by atoms with Gasteiger partial charge in [-0.1, -0.05) is 12.8 Å². The molecule has 0 aliphatic carbocycles. The molecule has 0 aromatic rings. The van der Waals surface area contributed by atoms with E-state index >= 15 is 0 Å². The first-order valence-electron chi connectivity index (χ1n) is 6.35. The first-order chi connectivity index (χ1) is 8.20. The lowest BCUT2D eigenvalue weighted by molar-refractivity contribution is -0.154. The summed E-state index contributed by atoms with van der Waals surface area (Å²) >= 11 is 0. The van der Waals surface area contributed by atoms with Gasteiger partial charge in [0.1, 0.15) is 12.1 Å². The van der Waals surface area contributed by atoms with Gasteiger partial charge in [-0.05, 0) is 25.7 Å². The average Bonchev–Trinajstić information content (AvgIpc) is 2.71. The summed E-state index contributed by atoms with van der Waals surface area (Å²) in [6, 6.07) is -0.658. The fourth-order valence-electron chi connectivity index (χ4n) is 2.59. The monoisotopic (exact) mass is 241 g/mol. The molecule has 0 radical (unpaired) electrons. The molecule has 2 heterocycles. The van der Waals surface area contributed by atoms with Crippen molar-refractivity contribution in [3.63, 3.8) is 0 Å². The SMILES string of the molecule is O=C(O)C1CCCCCN1C(=O)[C@@H]1CCCO1. The lowest BCUT2D eigenvalue weighted by Crippen LogP contribution is -2.48. The Morgan fingerprint density at radius 3 is 2.59 bits per heavy atom. The third-order valence-corrected chi connectivity index (χ3v) is 3.53. The highest BCUT2D eigenvalue weighted by molar-refractivity contribution is 5.86. The van der Waals surface area contributed by atoms with Crippen LogP contribution in [-0.2, 0) is 14.3 Å². The zero-order chi connectivity index (χ0) is 12.3. The summed E-state index contributed by atoms with van der Waals surface area (Å²) in [6.45, 7) is 1.16. The van der Waals surface area contributed by atoms with Crippen LogP contribution in [0.2, 0.25) is 0 Å². The third kappa shape index (κ3) is 2.77. The Bertz CT molecular complexity index is 299. The van der Waals surface area contributed by atoms with Gasteiger partial charge in [-0.3, -0.25) is 4.79 Å². The fraction of sp³-hybridized carbons (Fsp3) is 0.833. The van der Waals surface area contributed by atoms with Crippen molar-refractivity contribution in [2.24, 2.45) is 0 Å². The highest BCUT2D eigenvalue weighted by Gasteiger charge is 2.35. The average molecular weight is 241 g/mol. The summed E-state index contributed by atoms with van der Waals surface area (Å²) in [5.41, 5.74) is 0. The zero-order valence-corrected chi connectivity index (χ0v) is 9.93. The summed E-state index contributed by atoms with van der Waals surface area (Å²) in [5, 5.41) is 9.19. The Labute approximate surface area is 101 Å². The standard InChI is InChI=1S/C12H19NO4/c14-11(10-6-4-8-17-10)13-7-3-1-2-5-9(13)12(15)16/h9-10H,1-8H2,(H,15,16)/t9?,10-/m0/s1. The minimum atomic E-state index is -0.891. The minimum Gasteiger partial charge on any atom is -0.480 e. The number of amides is 1. The van der Waals surface area contributed by atoms with Crippen LogP contribution in [0, 0.1) is 0 Å². The molecular formula is C12H19NO4. The number of likely N-dealkylation sites (tertiary alicyclic amines) is 1. The van der Waals surface area contributed by atoms with Crippen LogP contribution in [0.4, 0.5) is 0 Å². The fourth-order valence-corrected chi connectivity index (χ4v) is 2.59. The molecule has 0 bridgehead atoms. The maximum Gasteiger partial charge on any atom is 0.326 e. The number of nitrogens with zero attached hydrogens (tertiary/aromatic N) is 1. The van der Waals surface area contributed by atoms with Crippen LogP contribution in [0.15, 0.2) is 0 Å². The van der Waals surface area contributed by atoms with E-state index < -0.39 is 18.1 Å². The topological polar surface area (TPSA) is 66.8 Å². The molecule has 2 atom stereocenters. The quantitative estimate of drug-likeness (QED) is 0.784. The maximum absolute atomic E-state index is 12.2. The van der Waals surface area contributed by atoms with E-state index in [4.69, 9.17) is 4.74 Å². The lowest BCUT2D eigenvalue weighted by Gasteiger charge is -2.29. The molecule has 1 amide bonds. The summed E-state index contributed by atoms with van der Waals surface area (Å²) in [5.74, 6) is -1.02. The van der Waals surface area contributed by atoms with Gasteiger partial charge in [-0.25, -0.2) is 4.79 Å². The Morgan fingerprint density at radius 2 is 1.94 bits per heavy atom. The van der Waals surface area contributed by atoms with Crippen molar-refractivity contribution >= 4 is 11.9 Å². The number of hydrogen-bond donors (Lipinski definition) is 1. The molecule has 0 spiro atoms. The Balaban J connectivity index is 2.08. The van der Waals surface area contributed by atoms with Gasteiger partial charge in [0.05, 0.1) is 0 Å². The van der Waals surface area contributed by atoms with Crippen LogP contribution < -0.4 is 0 Å². The van der Waals surface area contributed by atoms with E-state index in [0.29, 0.717) is 19.6 Å². The molecule has 2 fully saturated rings. The van der Waals surface area contributed by atoms with Gasteiger partial charge in [-0.15, -0.1) is 0 Å². The van der Waals surface area contributed by atoms with E-state index in [1.807, 2.05) is 0 Å². The second-order valence-electron chi connectivity index (χ2n) is 4.74. The number of hydrogen-bond acceptors (Lipinski definition) is 3. The Hall–Kier alpha value is -1.10. The molecule has 0 aromatic heterocycles. The smallest absolute Gasteiger partial charge is 0.326 e. The van der Waals surface area contributed by atoms with Crippen LogP contribution in [0.5, 0.6) is 0 Å². The first-order valence-corrected chi connectivity index (χ1v) is 6.35. The lowest BCUT2D eigenvalue weighted by atomic mass is 10.1. The summed E-state index contributed by atoms with van der Waals surface area (Å²) in [6.07, 6.45) is 4.54. The van der Waals surface area contributed by atoms with Crippen LogP contribution in [-0.4, -0.2) is 47.2 Å². The van der Waals surface area contributed by atoms with Crippen molar-refractivity contribution in [1.82, 2.24) is 4.90 Å². The van der Waals surface area contributed by atoms with E-state index in [-0.39, 0.29) is 5.91 Å². The van der Waals surface area contributed by atoms with E-state index in [1.165, 1.54) is 4.90 Å². The van der Waals surface area contributed by atoms with Crippen LogP contribution in [0.1, 0.15) is 38.5 Å². The molecule has 1 unspecified atom stereocenters. The highest BCUT2D eigenvalue weighted by Crippen LogP contribution is 2.22. The number of carbonyl (C=O) groups is 2. The number of ether oxygens (including phenoxy) is 1. The molecule has 0 aromatic carbocycles. The number of rotatable bonds is 2.